The Morgan fingerprint density at radius 2 is 1.06 bits per heavy atom. The first kappa shape index (κ1) is 36.0. The van der Waals surface area contributed by atoms with Gasteiger partial charge in [-0.05, 0) is 99.5 Å². The minimum absolute atomic E-state index is 0.198. The van der Waals surface area contributed by atoms with Crippen LogP contribution in [0.3, 0.4) is 0 Å². The lowest BCUT2D eigenvalue weighted by Gasteiger charge is -2.32. The van der Waals surface area contributed by atoms with E-state index in [9.17, 15) is 0 Å². The highest BCUT2D eigenvalue weighted by Gasteiger charge is 2.30. The number of benzene rings is 9. The molecule has 1 atom stereocenters. The minimum atomic E-state index is -0.198. The molecular weight excluding hydrogens is 755 g/mol. The standard InChI is InChI=1S/C59H41NO2/c1-59(34-33-48-42(38-59)27-32-56-58(48)51-23-10-13-26-55(51)61-56)43-20-14-19-41(35-43)46-30-28-44(36-52(46)40-17-6-3-7-18-40)60(53-24-11-8-21-47(53)39-15-4-2-5-16-39)45-29-31-50-49-22-9-12-25-54(49)62-57(50)37-45/h2-37H,38H2,1H3. The van der Waals surface area contributed by atoms with E-state index in [1.165, 1.54) is 38.6 Å². The molecule has 0 aliphatic heterocycles. The zero-order valence-corrected chi connectivity index (χ0v) is 34.3. The van der Waals surface area contributed by atoms with E-state index in [4.69, 9.17) is 8.83 Å². The van der Waals surface area contributed by atoms with Crippen LogP contribution in [0.5, 0.6) is 0 Å². The molecule has 0 N–H and O–H groups in total. The van der Waals surface area contributed by atoms with Crippen molar-refractivity contribution in [1.82, 2.24) is 0 Å². The molecule has 294 valence electrons. The van der Waals surface area contributed by atoms with Crippen LogP contribution in [0.15, 0.2) is 221 Å². The number of furan rings is 2. The van der Waals surface area contributed by atoms with Crippen molar-refractivity contribution in [2.75, 3.05) is 4.90 Å². The summed E-state index contributed by atoms with van der Waals surface area (Å²) in [5, 5.41) is 4.60. The van der Waals surface area contributed by atoms with Crippen LogP contribution < -0.4 is 4.90 Å². The molecule has 0 saturated heterocycles. The largest absolute Gasteiger partial charge is 0.456 e. The number of para-hydroxylation sites is 3. The van der Waals surface area contributed by atoms with Crippen LogP contribution in [0, 0.1) is 0 Å². The van der Waals surface area contributed by atoms with Gasteiger partial charge in [0, 0.05) is 50.0 Å². The van der Waals surface area contributed by atoms with Gasteiger partial charge in [0.2, 0.25) is 0 Å². The van der Waals surface area contributed by atoms with Crippen molar-refractivity contribution in [3.05, 3.63) is 229 Å². The lowest BCUT2D eigenvalue weighted by atomic mass is 9.72. The first-order chi connectivity index (χ1) is 30.6. The Balaban J connectivity index is 1.000. The van der Waals surface area contributed by atoms with Gasteiger partial charge in [-0.3, -0.25) is 0 Å². The molecule has 2 heterocycles. The second-order valence-electron chi connectivity index (χ2n) is 16.7. The van der Waals surface area contributed by atoms with Gasteiger partial charge in [0.15, 0.2) is 0 Å². The van der Waals surface area contributed by atoms with Crippen molar-refractivity contribution >= 4 is 67.0 Å². The van der Waals surface area contributed by atoms with Gasteiger partial charge in [0.05, 0.1) is 5.69 Å². The lowest BCUT2D eigenvalue weighted by molar-refractivity contribution is 0.587. The molecule has 1 aliphatic carbocycles. The van der Waals surface area contributed by atoms with Crippen LogP contribution in [0.1, 0.15) is 23.6 Å². The monoisotopic (exact) mass is 795 g/mol. The molecule has 11 aromatic rings. The molecule has 1 unspecified atom stereocenters. The first-order valence-corrected chi connectivity index (χ1v) is 21.4. The average molecular weight is 796 g/mol. The maximum absolute atomic E-state index is 6.49. The molecule has 9 aromatic carbocycles. The highest BCUT2D eigenvalue weighted by Crippen LogP contribution is 2.47. The molecular formula is C59H41NO2. The maximum atomic E-state index is 6.49. The summed E-state index contributed by atoms with van der Waals surface area (Å²) in [7, 11) is 0. The molecule has 1 aliphatic rings. The van der Waals surface area contributed by atoms with E-state index in [0.29, 0.717) is 0 Å². The third-order valence-corrected chi connectivity index (χ3v) is 12.9. The summed E-state index contributed by atoms with van der Waals surface area (Å²) in [5.41, 5.74) is 17.5. The van der Waals surface area contributed by atoms with Crippen LogP contribution in [0.25, 0.3) is 83.3 Å². The molecule has 0 amide bonds. The van der Waals surface area contributed by atoms with Gasteiger partial charge in [-0.15, -0.1) is 0 Å². The van der Waals surface area contributed by atoms with Gasteiger partial charge in [-0.25, -0.2) is 0 Å². The fourth-order valence-corrected chi connectivity index (χ4v) is 9.78. The van der Waals surface area contributed by atoms with E-state index >= 15 is 0 Å². The molecule has 0 saturated carbocycles. The SMILES string of the molecule is CC1(c2cccc(-c3ccc(N(c4ccc5c(c4)oc4ccccc45)c4ccccc4-c4ccccc4)cc3-c3ccccc3)c2)C=Cc2c(ccc3oc4ccccc4c23)C1. The van der Waals surface area contributed by atoms with E-state index in [1.807, 2.05) is 18.2 Å². The van der Waals surface area contributed by atoms with Crippen LogP contribution in [-0.4, -0.2) is 0 Å². The Hall–Kier alpha value is -7.88. The van der Waals surface area contributed by atoms with Crippen molar-refractivity contribution in [1.29, 1.82) is 0 Å². The summed E-state index contributed by atoms with van der Waals surface area (Å²) in [5.74, 6) is 0. The zero-order chi connectivity index (χ0) is 41.2. The van der Waals surface area contributed by atoms with Crippen molar-refractivity contribution in [2.24, 2.45) is 0 Å². The fourth-order valence-electron chi connectivity index (χ4n) is 9.78. The van der Waals surface area contributed by atoms with E-state index in [0.717, 1.165) is 78.8 Å². The average Bonchev–Trinajstić information content (AvgIpc) is 3.91. The van der Waals surface area contributed by atoms with Crippen molar-refractivity contribution < 1.29 is 8.83 Å². The first-order valence-electron chi connectivity index (χ1n) is 21.4. The van der Waals surface area contributed by atoms with E-state index in [2.05, 4.69) is 212 Å². The highest BCUT2D eigenvalue weighted by atomic mass is 16.3. The van der Waals surface area contributed by atoms with Crippen molar-refractivity contribution in [3.8, 4) is 33.4 Å². The number of rotatable bonds is 7. The topological polar surface area (TPSA) is 29.5 Å². The summed E-state index contributed by atoms with van der Waals surface area (Å²) < 4.78 is 12.7. The molecule has 62 heavy (non-hydrogen) atoms. The molecule has 2 aromatic heterocycles. The normalized spacial score (nSPS) is 14.8. The van der Waals surface area contributed by atoms with Gasteiger partial charge in [0.1, 0.15) is 22.3 Å². The number of nitrogens with zero attached hydrogens (tertiary/aromatic N) is 1. The van der Waals surface area contributed by atoms with Gasteiger partial charge < -0.3 is 13.7 Å². The van der Waals surface area contributed by atoms with E-state index in [1.54, 1.807) is 0 Å². The second-order valence-corrected chi connectivity index (χ2v) is 16.7. The molecule has 0 bridgehead atoms. The highest BCUT2D eigenvalue weighted by molar-refractivity contribution is 6.10. The van der Waals surface area contributed by atoms with Crippen LogP contribution >= 0.6 is 0 Å². The fraction of sp³-hybridized carbons (Fsp3) is 0.0508. The van der Waals surface area contributed by atoms with Crippen molar-refractivity contribution in [3.63, 3.8) is 0 Å². The smallest absolute Gasteiger partial charge is 0.137 e. The number of hydrogen-bond acceptors (Lipinski definition) is 3. The zero-order valence-electron chi connectivity index (χ0n) is 34.3. The van der Waals surface area contributed by atoms with Crippen molar-refractivity contribution in [2.45, 2.75) is 18.8 Å². The number of fused-ring (bicyclic) bond motifs is 8. The Morgan fingerprint density at radius 1 is 0.435 bits per heavy atom. The molecule has 12 rings (SSSR count). The lowest BCUT2D eigenvalue weighted by Crippen LogP contribution is -2.25. The molecule has 3 nitrogen and oxygen atoms in total. The Labute approximate surface area is 360 Å². The molecule has 0 spiro atoms. The summed E-state index contributed by atoms with van der Waals surface area (Å²) in [6, 6.07) is 73.9. The molecule has 0 radical (unpaired) electrons. The third-order valence-electron chi connectivity index (χ3n) is 12.9. The van der Waals surface area contributed by atoms with Gasteiger partial charge in [-0.2, -0.15) is 0 Å². The van der Waals surface area contributed by atoms with Crippen LogP contribution in [0.4, 0.5) is 17.1 Å². The Bertz CT molecular complexity index is 3520. The van der Waals surface area contributed by atoms with E-state index < -0.39 is 0 Å². The quantitative estimate of drug-likeness (QED) is 0.161. The summed E-state index contributed by atoms with van der Waals surface area (Å²) in [6.07, 6.45) is 5.62. The predicted octanol–water partition coefficient (Wildman–Crippen LogP) is 16.5. The molecule has 3 heteroatoms. The van der Waals surface area contributed by atoms with Gasteiger partial charge in [-0.1, -0.05) is 171 Å². The second kappa shape index (κ2) is 14.4. The Morgan fingerprint density at radius 3 is 1.89 bits per heavy atom. The maximum Gasteiger partial charge on any atom is 0.137 e. The van der Waals surface area contributed by atoms with Gasteiger partial charge in [0.25, 0.3) is 0 Å². The number of anilines is 3. The Kier molecular flexibility index (Phi) is 8.36. The predicted molar refractivity (Wildman–Crippen MR) is 259 cm³/mol. The number of allylic oxidation sites excluding steroid dienone is 1. The van der Waals surface area contributed by atoms with Crippen LogP contribution in [-0.2, 0) is 11.8 Å². The van der Waals surface area contributed by atoms with E-state index in [-0.39, 0.29) is 5.41 Å². The number of hydrogen-bond donors (Lipinski definition) is 0. The summed E-state index contributed by atoms with van der Waals surface area (Å²) >= 11 is 0. The summed E-state index contributed by atoms with van der Waals surface area (Å²) in [4.78, 5) is 2.38. The minimum Gasteiger partial charge on any atom is -0.456 e. The van der Waals surface area contributed by atoms with Crippen LogP contribution in [0.2, 0.25) is 0 Å². The van der Waals surface area contributed by atoms with Gasteiger partial charge >= 0.3 is 0 Å². The molecule has 0 fully saturated rings. The summed E-state index contributed by atoms with van der Waals surface area (Å²) in [6.45, 7) is 2.37. The third kappa shape index (κ3) is 5.96.